The van der Waals surface area contributed by atoms with E-state index in [4.69, 9.17) is 0 Å². The molecular weight excluding hydrogens is 434 g/mol. The molecule has 0 saturated carbocycles. The molecule has 1 aromatic heterocycles. The number of fused-ring (bicyclic) bond motifs is 10. The molecule has 0 radical (unpaired) electrons. The normalized spacial score (nSPS) is 13.1. The van der Waals surface area contributed by atoms with Crippen molar-refractivity contribution in [3.63, 3.8) is 0 Å². The van der Waals surface area contributed by atoms with E-state index in [1.54, 1.807) is 11.1 Å². The van der Waals surface area contributed by atoms with Crippen molar-refractivity contribution in [2.24, 2.45) is 0 Å². The lowest BCUT2D eigenvalue weighted by Crippen LogP contribution is -2.02. The molecule has 1 nitrogen and oxygen atoms in total. The van der Waals surface area contributed by atoms with Crippen LogP contribution in [0.15, 0.2) is 115 Å². The summed E-state index contributed by atoms with van der Waals surface area (Å²) in [6, 6.07) is 39.2. The van der Waals surface area contributed by atoms with Gasteiger partial charge in [-0.2, -0.15) is 0 Å². The summed E-state index contributed by atoms with van der Waals surface area (Å²) in [5, 5.41) is 11.9. The maximum Gasteiger partial charge on any atom is 0.0780 e. The molecule has 0 saturated heterocycles. The molecule has 0 bridgehead atoms. The first-order valence-electron chi connectivity index (χ1n) is 12.9. The van der Waals surface area contributed by atoms with Gasteiger partial charge in [-0.05, 0) is 80.6 Å². The molecule has 0 amide bonds. The molecule has 0 N–H and O–H groups in total. The van der Waals surface area contributed by atoms with Gasteiger partial charge in [-0.15, -0.1) is 0 Å². The first kappa shape index (κ1) is 21.1. The van der Waals surface area contributed by atoms with Crippen LogP contribution in [0.3, 0.4) is 0 Å². The van der Waals surface area contributed by atoms with Crippen LogP contribution < -0.4 is 0 Å². The largest absolute Gasteiger partial charge is 0.256 e. The van der Waals surface area contributed by atoms with Crippen molar-refractivity contribution in [1.29, 1.82) is 0 Å². The maximum atomic E-state index is 4.52. The Balaban J connectivity index is 0.000000122. The maximum absolute atomic E-state index is 4.52. The van der Waals surface area contributed by atoms with E-state index in [1.807, 2.05) is 12.3 Å². The summed E-state index contributed by atoms with van der Waals surface area (Å²) >= 11 is 0. The second-order valence-electron chi connectivity index (χ2n) is 9.81. The monoisotopic (exact) mass is 461 g/mol. The Kier molecular flexibility index (Phi) is 5.14. The van der Waals surface area contributed by atoms with E-state index in [0.717, 1.165) is 5.52 Å². The SMILES string of the molecule is c1ccc2c(c1)ccc1c2ccc2cccnc21.c1ccc2c(c1)ccc1c3c(ccc12)CCCC3. The summed E-state index contributed by atoms with van der Waals surface area (Å²) in [5.74, 6) is 0. The van der Waals surface area contributed by atoms with Crippen molar-refractivity contribution >= 4 is 54.0 Å². The van der Waals surface area contributed by atoms with Crippen LogP contribution in [-0.2, 0) is 12.8 Å². The minimum Gasteiger partial charge on any atom is -0.256 e. The van der Waals surface area contributed by atoms with Gasteiger partial charge < -0.3 is 0 Å². The molecule has 1 aliphatic rings. The smallest absolute Gasteiger partial charge is 0.0780 e. The molecule has 36 heavy (non-hydrogen) atoms. The van der Waals surface area contributed by atoms with Gasteiger partial charge in [-0.1, -0.05) is 103 Å². The number of aromatic nitrogens is 1. The molecular formula is C35H27N. The highest BCUT2D eigenvalue weighted by Gasteiger charge is 2.13. The number of benzene rings is 6. The van der Waals surface area contributed by atoms with Gasteiger partial charge in [0.1, 0.15) is 0 Å². The summed E-state index contributed by atoms with van der Waals surface area (Å²) in [6.45, 7) is 0. The number of rotatable bonds is 0. The van der Waals surface area contributed by atoms with Crippen molar-refractivity contribution in [3.05, 3.63) is 127 Å². The Hall–Kier alpha value is -4.23. The topological polar surface area (TPSA) is 12.9 Å². The molecule has 0 fully saturated rings. The molecule has 172 valence electrons. The first-order chi connectivity index (χ1) is 17.9. The number of aryl methyl sites for hydroxylation is 2. The summed E-state index contributed by atoms with van der Waals surface area (Å²) in [4.78, 5) is 4.52. The third-order valence-corrected chi connectivity index (χ3v) is 7.75. The minimum absolute atomic E-state index is 1.08. The van der Waals surface area contributed by atoms with Crippen molar-refractivity contribution < 1.29 is 0 Å². The highest BCUT2D eigenvalue weighted by molar-refractivity contribution is 6.16. The Morgan fingerprint density at radius 1 is 0.417 bits per heavy atom. The van der Waals surface area contributed by atoms with E-state index in [1.165, 1.54) is 74.2 Å². The van der Waals surface area contributed by atoms with Gasteiger partial charge in [0.2, 0.25) is 0 Å². The van der Waals surface area contributed by atoms with E-state index in [-0.39, 0.29) is 0 Å². The zero-order valence-corrected chi connectivity index (χ0v) is 20.2. The van der Waals surface area contributed by atoms with E-state index in [0.29, 0.717) is 0 Å². The predicted molar refractivity (Wildman–Crippen MR) is 155 cm³/mol. The fourth-order valence-electron chi connectivity index (χ4n) is 5.97. The van der Waals surface area contributed by atoms with Crippen LogP contribution in [0.1, 0.15) is 24.0 Å². The van der Waals surface area contributed by atoms with Crippen LogP contribution in [0.2, 0.25) is 0 Å². The van der Waals surface area contributed by atoms with Gasteiger partial charge >= 0.3 is 0 Å². The third kappa shape index (κ3) is 3.51. The van der Waals surface area contributed by atoms with Crippen LogP contribution in [0.25, 0.3) is 54.0 Å². The number of pyridine rings is 1. The van der Waals surface area contributed by atoms with Gasteiger partial charge in [0.25, 0.3) is 0 Å². The summed E-state index contributed by atoms with van der Waals surface area (Å²) in [6.07, 6.45) is 7.07. The van der Waals surface area contributed by atoms with Crippen LogP contribution in [0.4, 0.5) is 0 Å². The molecule has 0 unspecified atom stereocenters. The van der Waals surface area contributed by atoms with Gasteiger partial charge in [0.05, 0.1) is 5.52 Å². The minimum atomic E-state index is 1.08. The van der Waals surface area contributed by atoms with Gasteiger partial charge in [0, 0.05) is 17.0 Å². The Labute approximate surface area is 211 Å². The van der Waals surface area contributed by atoms with Gasteiger partial charge in [-0.3, -0.25) is 4.98 Å². The van der Waals surface area contributed by atoms with E-state index in [9.17, 15) is 0 Å². The number of hydrogen-bond acceptors (Lipinski definition) is 1. The molecule has 0 spiro atoms. The van der Waals surface area contributed by atoms with Crippen LogP contribution in [-0.4, -0.2) is 4.98 Å². The Morgan fingerprint density at radius 3 is 1.81 bits per heavy atom. The van der Waals surface area contributed by atoms with Crippen LogP contribution >= 0.6 is 0 Å². The van der Waals surface area contributed by atoms with Crippen molar-refractivity contribution in [2.75, 3.05) is 0 Å². The highest BCUT2D eigenvalue weighted by atomic mass is 14.6. The molecule has 1 heterocycles. The first-order valence-corrected chi connectivity index (χ1v) is 12.9. The van der Waals surface area contributed by atoms with Crippen molar-refractivity contribution in [2.45, 2.75) is 25.7 Å². The summed E-state index contributed by atoms with van der Waals surface area (Å²) in [7, 11) is 0. The standard InChI is InChI=1S/C18H16.C17H11N/c1-3-7-15-13(5-1)9-11-18-16-8-4-2-6-14(16)10-12-17(15)18;1-2-6-14-12(4-1)7-10-16-15(14)9-8-13-5-3-11-18-17(13)16/h1,3,5,7,9-12H,2,4,6,8H2;1-11H. The molecule has 1 heteroatoms. The predicted octanol–water partition coefficient (Wildman–Crippen LogP) is 9.41. The summed E-state index contributed by atoms with van der Waals surface area (Å²) in [5.41, 5.74) is 4.26. The fraction of sp³-hybridized carbons (Fsp3) is 0.114. The number of nitrogens with zero attached hydrogens (tertiary/aromatic N) is 1. The van der Waals surface area contributed by atoms with Gasteiger partial charge in [-0.25, -0.2) is 0 Å². The average Bonchev–Trinajstić information content (AvgIpc) is 2.97. The third-order valence-electron chi connectivity index (χ3n) is 7.75. The van der Waals surface area contributed by atoms with E-state index in [2.05, 4.69) is 108 Å². The van der Waals surface area contributed by atoms with Crippen molar-refractivity contribution in [1.82, 2.24) is 4.98 Å². The van der Waals surface area contributed by atoms with Crippen LogP contribution in [0.5, 0.6) is 0 Å². The number of hydrogen-bond donors (Lipinski definition) is 0. The molecule has 1 aliphatic carbocycles. The Bertz CT molecular complexity index is 1820. The second-order valence-corrected chi connectivity index (χ2v) is 9.81. The highest BCUT2D eigenvalue weighted by Crippen LogP contribution is 2.33. The molecule has 0 atom stereocenters. The zero-order chi connectivity index (χ0) is 23.9. The average molecular weight is 462 g/mol. The van der Waals surface area contributed by atoms with Gasteiger partial charge in [0.15, 0.2) is 0 Å². The zero-order valence-electron chi connectivity index (χ0n) is 20.2. The lowest BCUT2D eigenvalue weighted by atomic mass is 9.86. The quantitative estimate of drug-likeness (QED) is 0.205. The molecule has 6 aromatic carbocycles. The molecule has 7 aromatic rings. The van der Waals surface area contributed by atoms with Crippen LogP contribution in [0, 0.1) is 0 Å². The lowest BCUT2D eigenvalue weighted by Gasteiger charge is -2.18. The lowest BCUT2D eigenvalue weighted by molar-refractivity contribution is 0.690. The van der Waals surface area contributed by atoms with E-state index >= 15 is 0 Å². The fourth-order valence-corrected chi connectivity index (χ4v) is 5.97. The summed E-state index contributed by atoms with van der Waals surface area (Å²) < 4.78 is 0. The van der Waals surface area contributed by atoms with E-state index < -0.39 is 0 Å². The Morgan fingerprint density at radius 2 is 1.00 bits per heavy atom. The molecule has 8 rings (SSSR count). The molecule has 0 aliphatic heterocycles. The second kappa shape index (κ2) is 8.77. The van der Waals surface area contributed by atoms with Crippen molar-refractivity contribution in [3.8, 4) is 0 Å².